The van der Waals surface area contributed by atoms with Crippen molar-refractivity contribution in [3.05, 3.63) is 18.2 Å². The van der Waals surface area contributed by atoms with E-state index in [0.717, 1.165) is 101 Å². The van der Waals surface area contributed by atoms with Crippen LogP contribution in [-0.2, 0) is 30.4 Å². The lowest BCUT2D eigenvalue weighted by atomic mass is 9.98. The third-order valence-electron chi connectivity index (χ3n) is 9.35. The van der Waals surface area contributed by atoms with E-state index in [1.54, 1.807) is 13.3 Å². The van der Waals surface area contributed by atoms with Gasteiger partial charge in [-0.3, -0.25) is 9.59 Å². The number of aromatic nitrogens is 2. The summed E-state index contributed by atoms with van der Waals surface area (Å²) >= 11 is 0. The number of carboxylic acids is 1. The van der Waals surface area contributed by atoms with Gasteiger partial charge in [-0.15, -0.1) is 0 Å². The van der Waals surface area contributed by atoms with E-state index in [-0.39, 0.29) is 5.97 Å². The van der Waals surface area contributed by atoms with E-state index in [2.05, 4.69) is 81.1 Å². The molecule has 8 nitrogen and oxygen atoms in total. The molecule has 334 valence electrons. The fourth-order valence-corrected chi connectivity index (χ4v) is 5.35. The molecule has 1 rings (SSSR count). The number of aldehydes is 1. The van der Waals surface area contributed by atoms with Crippen LogP contribution >= 0.6 is 0 Å². The van der Waals surface area contributed by atoms with Crippen LogP contribution in [0.15, 0.2) is 12.4 Å². The highest BCUT2D eigenvalue weighted by atomic mass is 16.5. The van der Waals surface area contributed by atoms with E-state index >= 15 is 0 Å². The van der Waals surface area contributed by atoms with Gasteiger partial charge in [0.05, 0.1) is 12.7 Å². The van der Waals surface area contributed by atoms with Gasteiger partial charge in [0, 0.05) is 45.3 Å². The second-order valence-corrected chi connectivity index (χ2v) is 16.8. The molecule has 0 saturated heterocycles. The quantitative estimate of drug-likeness (QED) is 0.0488. The van der Waals surface area contributed by atoms with E-state index in [1.807, 2.05) is 17.7 Å². The van der Waals surface area contributed by atoms with Crippen molar-refractivity contribution in [2.75, 3.05) is 13.7 Å². The number of aryl methyl sites for hydroxylation is 2. The Kier molecular flexibility index (Phi) is 50.9. The lowest BCUT2D eigenvalue weighted by Crippen LogP contribution is -2.09. The summed E-state index contributed by atoms with van der Waals surface area (Å²) in [4.78, 5) is 35.6. The van der Waals surface area contributed by atoms with E-state index in [9.17, 15) is 14.4 Å². The number of imidazole rings is 1. The molecule has 0 spiro atoms. The molecule has 0 aliphatic heterocycles. The fourth-order valence-electron chi connectivity index (χ4n) is 5.35. The van der Waals surface area contributed by atoms with Crippen molar-refractivity contribution < 1.29 is 29.0 Å². The maximum atomic E-state index is 11.3. The molecule has 3 unspecified atom stereocenters. The summed E-state index contributed by atoms with van der Waals surface area (Å²) < 4.78 is 12.6. The second-order valence-electron chi connectivity index (χ2n) is 16.8. The third kappa shape index (κ3) is 53.9. The van der Waals surface area contributed by atoms with Crippen LogP contribution in [0.3, 0.4) is 0 Å². The van der Waals surface area contributed by atoms with Gasteiger partial charge in [-0.05, 0) is 69.1 Å². The number of carboxylic acid groups (broad SMARTS) is 1. The summed E-state index contributed by atoms with van der Waals surface area (Å²) in [6.07, 6.45) is 28.6. The Morgan fingerprint density at radius 1 is 0.732 bits per heavy atom. The lowest BCUT2D eigenvalue weighted by Gasteiger charge is -2.13. The molecule has 0 aromatic carbocycles. The van der Waals surface area contributed by atoms with Gasteiger partial charge in [0.15, 0.2) is 0 Å². The van der Waals surface area contributed by atoms with Gasteiger partial charge in [0.25, 0.3) is 0 Å². The number of unbranched alkanes of at least 4 members (excludes halogenated alkanes) is 8. The first-order valence-electron chi connectivity index (χ1n) is 23.0. The van der Waals surface area contributed by atoms with Crippen molar-refractivity contribution in [1.82, 2.24) is 9.55 Å². The van der Waals surface area contributed by atoms with Gasteiger partial charge in [-0.25, -0.2) is 4.98 Å². The molecule has 0 bridgehead atoms. The lowest BCUT2D eigenvalue weighted by molar-refractivity contribution is -0.144. The first-order chi connectivity index (χ1) is 26.6. The highest BCUT2D eigenvalue weighted by Gasteiger charge is 2.06. The zero-order chi connectivity index (χ0) is 43.4. The molecule has 0 aliphatic carbocycles. The van der Waals surface area contributed by atoms with Crippen LogP contribution in [0.2, 0.25) is 0 Å². The molecule has 1 heterocycles. The van der Waals surface area contributed by atoms with Gasteiger partial charge < -0.3 is 23.9 Å². The fraction of sp³-hybridized carbons (Fsp3) is 0.875. The van der Waals surface area contributed by atoms with Crippen molar-refractivity contribution >= 4 is 18.2 Å². The van der Waals surface area contributed by atoms with Crippen LogP contribution in [0.25, 0.3) is 0 Å². The van der Waals surface area contributed by atoms with Gasteiger partial charge >= 0.3 is 11.9 Å². The van der Waals surface area contributed by atoms with Gasteiger partial charge in [-0.1, -0.05) is 160 Å². The number of carbonyl (C=O) groups excluding carboxylic acids is 2. The van der Waals surface area contributed by atoms with Gasteiger partial charge in [0.2, 0.25) is 0 Å². The van der Waals surface area contributed by atoms with Crippen molar-refractivity contribution in [3.8, 4) is 0 Å². The van der Waals surface area contributed by atoms with Crippen molar-refractivity contribution in [3.63, 3.8) is 0 Å². The number of ether oxygens (including phenoxy) is 2. The minimum Gasteiger partial charge on any atom is -0.481 e. The predicted octanol–water partition coefficient (Wildman–Crippen LogP) is 14.2. The summed E-state index contributed by atoms with van der Waals surface area (Å²) in [5.41, 5.74) is 0. The van der Waals surface area contributed by atoms with Crippen LogP contribution in [0.4, 0.5) is 0 Å². The molecule has 8 heteroatoms. The number of methoxy groups -OCH3 is 1. The topological polar surface area (TPSA) is 108 Å². The number of hydrogen-bond acceptors (Lipinski definition) is 6. The summed E-state index contributed by atoms with van der Waals surface area (Å²) in [5.74, 6) is 3.66. The Morgan fingerprint density at radius 3 is 1.84 bits per heavy atom. The Hall–Kier alpha value is -2.22. The monoisotopic (exact) mass is 797 g/mol. The maximum Gasteiger partial charge on any atom is 0.305 e. The highest BCUT2D eigenvalue weighted by Crippen LogP contribution is 2.15. The summed E-state index contributed by atoms with van der Waals surface area (Å²) in [6.45, 7) is 27.9. The number of aliphatic carboxylic acids is 1. The molecular formula is C48H96N2O6. The van der Waals surface area contributed by atoms with Crippen LogP contribution in [0.5, 0.6) is 0 Å². The minimum atomic E-state index is -0.678. The Labute approximate surface area is 348 Å². The van der Waals surface area contributed by atoms with E-state index in [1.165, 1.54) is 57.8 Å². The van der Waals surface area contributed by atoms with E-state index in [4.69, 9.17) is 14.6 Å². The number of carbonyl (C=O) groups is 3. The number of hydrogen-bond donors (Lipinski definition) is 1. The van der Waals surface area contributed by atoms with E-state index in [0.29, 0.717) is 37.9 Å². The summed E-state index contributed by atoms with van der Waals surface area (Å²) in [6, 6.07) is 0. The molecule has 0 radical (unpaired) electrons. The van der Waals surface area contributed by atoms with Gasteiger partial charge in [0.1, 0.15) is 12.1 Å². The Morgan fingerprint density at radius 2 is 1.34 bits per heavy atom. The molecule has 1 aromatic rings. The smallest absolute Gasteiger partial charge is 0.305 e. The zero-order valence-electron chi connectivity index (χ0n) is 39.5. The summed E-state index contributed by atoms with van der Waals surface area (Å²) in [7, 11) is 1.78. The maximum absolute atomic E-state index is 11.3. The number of esters is 1. The number of rotatable bonds is 29. The average molecular weight is 797 g/mol. The normalized spacial score (nSPS) is 12.1. The average Bonchev–Trinajstić information content (AvgIpc) is 3.56. The van der Waals surface area contributed by atoms with Crippen molar-refractivity contribution in [1.29, 1.82) is 0 Å². The molecule has 0 saturated carbocycles. The third-order valence-corrected chi connectivity index (χ3v) is 9.35. The Balaban J connectivity index is -0.000000318. The SMILES string of the molecule is CC(C)C.CCC(C)CCC(C)C.CCCC(CCCCCCCC(=O)O)OC.CCCCCC(=O)OCCC(C)CCCC.Cc1nccn1CCCC=O. The first-order valence-corrected chi connectivity index (χ1v) is 23.0. The van der Waals surface area contributed by atoms with Crippen molar-refractivity contribution in [2.45, 2.75) is 237 Å². The predicted molar refractivity (Wildman–Crippen MR) is 240 cm³/mol. The van der Waals surface area contributed by atoms with Crippen LogP contribution < -0.4 is 0 Å². The minimum absolute atomic E-state index is 0.0175. The zero-order valence-corrected chi connectivity index (χ0v) is 39.5. The summed E-state index contributed by atoms with van der Waals surface area (Å²) in [5, 5.41) is 8.46. The van der Waals surface area contributed by atoms with Gasteiger partial charge in [-0.2, -0.15) is 0 Å². The Bertz CT molecular complexity index is 945. The molecular weight excluding hydrogens is 701 g/mol. The molecule has 0 fully saturated rings. The molecule has 56 heavy (non-hydrogen) atoms. The molecule has 0 amide bonds. The number of nitrogens with zero attached hydrogens (tertiary/aromatic N) is 2. The van der Waals surface area contributed by atoms with Crippen molar-refractivity contribution in [2.24, 2.45) is 23.7 Å². The van der Waals surface area contributed by atoms with Crippen LogP contribution in [0.1, 0.15) is 223 Å². The highest BCUT2D eigenvalue weighted by molar-refractivity contribution is 5.69. The second kappa shape index (κ2) is 47.2. The largest absolute Gasteiger partial charge is 0.481 e. The molecule has 1 aromatic heterocycles. The van der Waals surface area contributed by atoms with E-state index < -0.39 is 5.97 Å². The van der Waals surface area contributed by atoms with Crippen LogP contribution in [-0.4, -0.2) is 52.7 Å². The first kappa shape index (κ1) is 60.5. The van der Waals surface area contributed by atoms with Crippen LogP contribution in [0, 0.1) is 30.6 Å². The standard InChI is InChI=1S/C14H28O2.C13H26O3.C9H20.C8H12N2O.C4H10/c1-4-6-8-10-14(15)16-12-11-13(3)9-7-5-2;1-3-9-12(16-2)10-7-5-4-6-8-11-13(14)15;1-5-9(4)7-6-8(2)3;1-8-9-4-6-10(8)5-2-3-7-11;1-4(2)3/h13H,4-12H2,1-3H3;12H,3-11H2,1-2H3,(H,14,15);8-9H,5-7H2,1-4H3;4,6-7H,2-3,5H2,1H3;4H,1-3H3. The molecule has 3 atom stereocenters. The molecule has 1 N–H and O–H groups in total. The molecule has 0 aliphatic rings.